The molecule has 1 aliphatic carbocycles. The van der Waals surface area contributed by atoms with Gasteiger partial charge in [-0.2, -0.15) is 0 Å². The van der Waals surface area contributed by atoms with Crippen molar-refractivity contribution in [3.63, 3.8) is 0 Å². The average molecular weight is 427 g/mol. The third-order valence-electron chi connectivity index (χ3n) is 6.81. The second-order valence-electron chi connectivity index (χ2n) is 12.3. The van der Waals surface area contributed by atoms with Gasteiger partial charge < -0.3 is 9.47 Å². The highest BCUT2D eigenvalue weighted by Gasteiger charge is 2.49. The van der Waals surface area contributed by atoms with E-state index < -0.39 is 11.7 Å². The van der Waals surface area contributed by atoms with Gasteiger partial charge in [0.1, 0.15) is 0 Å². The van der Waals surface area contributed by atoms with Gasteiger partial charge in [-0.15, -0.1) is 0 Å². The number of rotatable bonds is 8. The number of hydrogen-bond donors (Lipinski definition) is 0. The number of esters is 1. The van der Waals surface area contributed by atoms with Gasteiger partial charge in [0.15, 0.2) is 0 Å². The third-order valence-corrected chi connectivity index (χ3v) is 6.81. The fourth-order valence-electron chi connectivity index (χ4n) is 4.01. The van der Waals surface area contributed by atoms with Crippen LogP contribution in [0.15, 0.2) is 0 Å². The number of carbonyl (C=O) groups is 1. The summed E-state index contributed by atoms with van der Waals surface area (Å²) in [5, 5.41) is 0. The summed E-state index contributed by atoms with van der Waals surface area (Å²) >= 11 is 0. The van der Waals surface area contributed by atoms with Crippen molar-refractivity contribution in [1.29, 1.82) is 0 Å². The van der Waals surface area contributed by atoms with Crippen molar-refractivity contribution >= 4 is 5.97 Å². The Hall–Kier alpha value is -0.570. The first kappa shape index (κ1) is 29.4. The maximum Gasteiger partial charge on any atom is 0.314 e. The second-order valence-corrected chi connectivity index (χ2v) is 12.3. The minimum atomic E-state index is -0.557. The van der Waals surface area contributed by atoms with Gasteiger partial charge in [-0.25, -0.2) is 0 Å². The first-order valence-corrected chi connectivity index (χ1v) is 12.5. The van der Waals surface area contributed by atoms with Crippen LogP contribution < -0.4 is 0 Å². The van der Waals surface area contributed by atoms with Gasteiger partial charge >= 0.3 is 5.97 Å². The molecule has 0 radical (unpaired) electrons. The predicted octanol–water partition coefficient (Wildman–Crippen LogP) is 8.55. The highest BCUT2D eigenvalue weighted by molar-refractivity contribution is 5.77. The highest BCUT2D eigenvalue weighted by atomic mass is 16.7. The Morgan fingerprint density at radius 1 is 0.900 bits per heavy atom. The molecule has 180 valence electrons. The van der Waals surface area contributed by atoms with Crippen LogP contribution >= 0.6 is 0 Å². The van der Waals surface area contributed by atoms with Crippen molar-refractivity contribution in [2.24, 2.45) is 21.7 Å². The Labute approximate surface area is 189 Å². The Morgan fingerprint density at radius 3 is 1.80 bits per heavy atom. The zero-order chi connectivity index (χ0) is 23.8. The Bertz CT molecular complexity index is 489. The molecule has 0 saturated heterocycles. The molecule has 0 aromatic heterocycles. The third kappa shape index (κ3) is 9.71. The first-order valence-electron chi connectivity index (χ1n) is 12.5. The molecule has 2 atom stereocenters. The summed E-state index contributed by atoms with van der Waals surface area (Å²) in [5.74, 6) is -0.105. The van der Waals surface area contributed by atoms with Crippen LogP contribution in [0.2, 0.25) is 0 Å². The SMILES string of the molecule is CC.CCC(C)(C)CC(C)(C(=O)OC(CC(C)(C)C)OC1CCCCC1)C(C)(C)C. The zero-order valence-corrected chi connectivity index (χ0v) is 22.5. The first-order chi connectivity index (χ1) is 13.6. The topological polar surface area (TPSA) is 35.5 Å². The molecule has 1 rings (SSSR count). The molecule has 1 fully saturated rings. The number of hydrogen-bond acceptors (Lipinski definition) is 3. The van der Waals surface area contributed by atoms with Crippen molar-refractivity contribution in [1.82, 2.24) is 0 Å². The lowest BCUT2D eigenvalue weighted by Gasteiger charge is -2.45. The summed E-state index contributed by atoms with van der Waals surface area (Å²) in [6, 6.07) is 0. The zero-order valence-electron chi connectivity index (χ0n) is 22.5. The Kier molecular flexibility index (Phi) is 11.7. The second kappa shape index (κ2) is 11.9. The van der Waals surface area contributed by atoms with Gasteiger partial charge in [-0.1, -0.05) is 102 Å². The summed E-state index contributed by atoms with van der Waals surface area (Å²) < 4.78 is 12.5. The largest absolute Gasteiger partial charge is 0.435 e. The van der Waals surface area contributed by atoms with E-state index in [9.17, 15) is 4.79 Å². The molecule has 2 unspecified atom stereocenters. The van der Waals surface area contributed by atoms with Crippen LogP contribution in [0.25, 0.3) is 0 Å². The maximum absolute atomic E-state index is 13.5. The van der Waals surface area contributed by atoms with Crippen LogP contribution in [-0.2, 0) is 14.3 Å². The van der Waals surface area contributed by atoms with Crippen molar-refractivity contribution in [2.75, 3.05) is 0 Å². The van der Waals surface area contributed by atoms with Crippen LogP contribution in [0, 0.1) is 21.7 Å². The Balaban J connectivity index is 0.00000407. The fourth-order valence-corrected chi connectivity index (χ4v) is 4.01. The standard InChI is InChI=1S/C25H48O3.C2H6/c1-11-24(8,9)18-25(10,23(5,6)7)21(26)28-20(17-22(2,3)4)27-19-15-13-12-14-16-19;1-2/h19-20H,11-18H2,1-10H3;1-2H3. The molecule has 3 nitrogen and oxygen atoms in total. The van der Waals surface area contributed by atoms with E-state index in [2.05, 4.69) is 69.2 Å². The minimum absolute atomic E-state index is 0.0421. The average Bonchev–Trinajstić information content (AvgIpc) is 2.61. The van der Waals surface area contributed by atoms with Gasteiger partial charge in [-0.3, -0.25) is 4.79 Å². The Morgan fingerprint density at radius 2 is 1.40 bits per heavy atom. The fraction of sp³-hybridized carbons (Fsp3) is 0.963. The summed E-state index contributed by atoms with van der Waals surface area (Å²) in [7, 11) is 0. The lowest BCUT2D eigenvalue weighted by atomic mass is 9.60. The molecular weight excluding hydrogens is 372 g/mol. The molecule has 3 heteroatoms. The summed E-state index contributed by atoms with van der Waals surface area (Å²) in [6.07, 6.45) is 8.22. The molecule has 0 aliphatic heterocycles. The van der Waals surface area contributed by atoms with Gasteiger partial charge in [0.2, 0.25) is 6.29 Å². The lowest BCUT2D eigenvalue weighted by molar-refractivity contribution is -0.215. The minimum Gasteiger partial charge on any atom is -0.435 e. The summed E-state index contributed by atoms with van der Waals surface area (Å²) in [5.41, 5.74) is -0.614. The van der Waals surface area contributed by atoms with Gasteiger partial charge in [0.25, 0.3) is 0 Å². The van der Waals surface area contributed by atoms with E-state index in [1.165, 1.54) is 19.3 Å². The van der Waals surface area contributed by atoms with Crippen LogP contribution in [0.1, 0.15) is 134 Å². The molecule has 0 heterocycles. The van der Waals surface area contributed by atoms with Crippen LogP contribution in [0.3, 0.4) is 0 Å². The molecule has 0 spiro atoms. The normalized spacial score (nSPS) is 19.3. The van der Waals surface area contributed by atoms with Crippen molar-refractivity contribution < 1.29 is 14.3 Å². The molecule has 1 aliphatic rings. The molecule has 0 N–H and O–H groups in total. The summed E-state index contributed by atoms with van der Waals surface area (Å²) in [4.78, 5) is 13.5. The van der Waals surface area contributed by atoms with E-state index in [-0.39, 0.29) is 28.3 Å². The van der Waals surface area contributed by atoms with E-state index in [0.717, 1.165) is 32.1 Å². The van der Waals surface area contributed by atoms with E-state index in [4.69, 9.17) is 9.47 Å². The van der Waals surface area contributed by atoms with Crippen molar-refractivity contribution in [3.8, 4) is 0 Å². The van der Waals surface area contributed by atoms with Crippen LogP contribution in [-0.4, -0.2) is 18.4 Å². The van der Waals surface area contributed by atoms with Gasteiger partial charge in [-0.05, 0) is 42.4 Å². The molecular formula is C27H54O3. The monoisotopic (exact) mass is 426 g/mol. The smallest absolute Gasteiger partial charge is 0.314 e. The molecule has 0 aromatic carbocycles. The van der Waals surface area contributed by atoms with Crippen LogP contribution in [0.4, 0.5) is 0 Å². The maximum atomic E-state index is 13.5. The molecule has 1 saturated carbocycles. The predicted molar refractivity (Wildman–Crippen MR) is 130 cm³/mol. The van der Waals surface area contributed by atoms with Crippen molar-refractivity contribution in [3.05, 3.63) is 0 Å². The molecule has 0 bridgehead atoms. The molecule has 0 amide bonds. The molecule has 30 heavy (non-hydrogen) atoms. The number of ether oxygens (including phenoxy) is 2. The quantitative estimate of drug-likeness (QED) is 0.288. The van der Waals surface area contributed by atoms with E-state index in [1.54, 1.807) is 0 Å². The molecule has 0 aromatic rings. The van der Waals surface area contributed by atoms with Gasteiger partial charge in [0, 0.05) is 6.42 Å². The highest BCUT2D eigenvalue weighted by Crippen LogP contribution is 2.49. The van der Waals surface area contributed by atoms with E-state index in [0.29, 0.717) is 0 Å². The van der Waals surface area contributed by atoms with E-state index in [1.807, 2.05) is 13.8 Å². The van der Waals surface area contributed by atoms with E-state index >= 15 is 0 Å². The van der Waals surface area contributed by atoms with Gasteiger partial charge in [0.05, 0.1) is 11.5 Å². The lowest BCUT2D eigenvalue weighted by Crippen LogP contribution is -2.46. The number of carbonyl (C=O) groups excluding carboxylic acids is 1. The van der Waals surface area contributed by atoms with Crippen LogP contribution in [0.5, 0.6) is 0 Å². The van der Waals surface area contributed by atoms with Crippen molar-refractivity contribution in [2.45, 2.75) is 147 Å². The summed E-state index contributed by atoms with van der Waals surface area (Å²) in [6.45, 7) is 25.8.